The van der Waals surface area contributed by atoms with E-state index in [0.717, 1.165) is 0 Å². The zero-order chi connectivity index (χ0) is 11.0. The van der Waals surface area contributed by atoms with E-state index >= 15 is 0 Å². The number of benzene rings is 1. The molecule has 0 aliphatic carbocycles. The molecule has 0 aliphatic heterocycles. The molecule has 0 saturated heterocycles. The predicted octanol–water partition coefficient (Wildman–Crippen LogP) is 3.21. The summed E-state index contributed by atoms with van der Waals surface area (Å²) in [7, 11) is 0. The first kappa shape index (κ1) is 10.4. The largest absolute Gasteiger partial charge is 0.382 e. The van der Waals surface area contributed by atoms with Crippen molar-refractivity contribution in [3.05, 3.63) is 33.5 Å². The Morgan fingerprint density at radius 3 is 2.80 bits per heavy atom. The second-order valence-corrected chi connectivity index (χ2v) is 4.16. The van der Waals surface area contributed by atoms with Gasteiger partial charge in [-0.15, -0.1) is 0 Å². The molecule has 0 spiro atoms. The topological polar surface area (TPSA) is 54.7 Å². The lowest BCUT2D eigenvalue weighted by Crippen LogP contribution is -1.85. The number of hydrogen-bond acceptors (Lipinski definition) is 2. The van der Waals surface area contributed by atoms with Crippen LogP contribution in [0, 0.1) is 5.82 Å². The maximum atomic E-state index is 13.4. The zero-order valence-corrected chi connectivity index (χ0v) is 9.73. The molecule has 3 nitrogen and oxygen atoms in total. The number of nitrogens with two attached hydrogens (primary N) is 1. The monoisotopic (exact) mass is 289 g/mol. The number of H-pyrrole nitrogens is 1. The Morgan fingerprint density at radius 2 is 2.20 bits per heavy atom. The molecule has 15 heavy (non-hydrogen) atoms. The van der Waals surface area contributed by atoms with Gasteiger partial charge in [-0.2, -0.15) is 5.10 Å². The van der Waals surface area contributed by atoms with Crippen molar-refractivity contribution in [2.24, 2.45) is 0 Å². The van der Waals surface area contributed by atoms with E-state index in [9.17, 15) is 4.39 Å². The molecule has 0 radical (unpaired) electrons. The summed E-state index contributed by atoms with van der Waals surface area (Å²) in [6.45, 7) is 0. The maximum Gasteiger partial charge on any atom is 0.156 e. The Labute approximate surface area is 98.6 Å². The van der Waals surface area contributed by atoms with Gasteiger partial charge >= 0.3 is 0 Å². The summed E-state index contributed by atoms with van der Waals surface area (Å²) in [6, 6.07) is 4.85. The first-order valence-electron chi connectivity index (χ1n) is 4.04. The first-order valence-corrected chi connectivity index (χ1v) is 5.21. The third-order valence-electron chi connectivity index (χ3n) is 1.92. The second-order valence-electron chi connectivity index (χ2n) is 2.93. The fraction of sp³-hybridized carbons (Fsp3) is 0. The van der Waals surface area contributed by atoms with E-state index in [1.807, 2.05) is 0 Å². The van der Waals surface area contributed by atoms with Gasteiger partial charge in [0.15, 0.2) is 5.82 Å². The predicted molar refractivity (Wildman–Crippen MR) is 61.1 cm³/mol. The molecule has 1 heterocycles. The molecule has 3 N–H and O–H groups in total. The quantitative estimate of drug-likeness (QED) is 0.792. The van der Waals surface area contributed by atoms with Crippen molar-refractivity contribution in [3.63, 3.8) is 0 Å². The van der Waals surface area contributed by atoms with E-state index in [1.54, 1.807) is 18.2 Å². The molecular formula is C9H6BrClFN3. The first-order chi connectivity index (χ1) is 7.09. The number of hydrogen-bond donors (Lipinski definition) is 2. The van der Waals surface area contributed by atoms with Gasteiger partial charge in [-0.05, 0) is 28.1 Å². The third-order valence-corrected chi connectivity index (χ3v) is 2.90. The number of nitrogens with one attached hydrogen (secondary N) is 1. The van der Waals surface area contributed by atoms with Gasteiger partial charge in [0.2, 0.25) is 0 Å². The summed E-state index contributed by atoms with van der Waals surface area (Å²) in [5.41, 5.74) is 6.56. The van der Waals surface area contributed by atoms with Crippen LogP contribution >= 0.6 is 27.5 Å². The number of rotatable bonds is 1. The van der Waals surface area contributed by atoms with E-state index in [0.29, 0.717) is 21.5 Å². The number of aromatic amines is 1. The van der Waals surface area contributed by atoms with Crippen molar-refractivity contribution in [1.29, 1.82) is 0 Å². The zero-order valence-electron chi connectivity index (χ0n) is 7.39. The minimum atomic E-state index is -0.498. The van der Waals surface area contributed by atoms with Crippen molar-refractivity contribution in [1.82, 2.24) is 10.2 Å². The van der Waals surface area contributed by atoms with Gasteiger partial charge in [0.1, 0.15) is 5.82 Å². The summed E-state index contributed by atoms with van der Waals surface area (Å²) < 4.78 is 13.8. The van der Waals surface area contributed by atoms with Crippen LogP contribution in [0.3, 0.4) is 0 Å². The Morgan fingerprint density at radius 1 is 1.47 bits per heavy atom. The van der Waals surface area contributed by atoms with Crippen molar-refractivity contribution in [2.45, 2.75) is 0 Å². The van der Waals surface area contributed by atoms with Crippen molar-refractivity contribution in [3.8, 4) is 11.3 Å². The van der Waals surface area contributed by atoms with E-state index in [-0.39, 0.29) is 5.02 Å². The van der Waals surface area contributed by atoms with E-state index in [4.69, 9.17) is 17.3 Å². The SMILES string of the molecule is Nc1cc(-c2ccc(Br)c(F)c2Cl)[nH]n1. The molecule has 2 aromatic rings. The van der Waals surface area contributed by atoms with Crippen molar-refractivity contribution in [2.75, 3.05) is 5.73 Å². The summed E-state index contributed by atoms with van der Waals surface area (Å²) >= 11 is 8.90. The fourth-order valence-corrected chi connectivity index (χ4v) is 1.92. The van der Waals surface area contributed by atoms with Gasteiger partial charge in [-0.25, -0.2) is 4.39 Å². The molecule has 0 atom stereocenters. The Bertz CT molecular complexity index is 512. The summed E-state index contributed by atoms with van der Waals surface area (Å²) in [5, 5.41) is 6.45. The number of anilines is 1. The molecule has 0 fully saturated rings. The molecular weight excluding hydrogens is 284 g/mol. The van der Waals surface area contributed by atoms with E-state index < -0.39 is 5.82 Å². The van der Waals surface area contributed by atoms with Crippen molar-refractivity contribution < 1.29 is 4.39 Å². The molecule has 0 unspecified atom stereocenters. The standard InChI is InChI=1S/C9H6BrClFN3/c10-5-2-1-4(8(11)9(5)12)6-3-7(13)15-14-6/h1-3H,(H3,13,14,15). The summed E-state index contributed by atoms with van der Waals surface area (Å²) in [4.78, 5) is 0. The highest BCUT2D eigenvalue weighted by Gasteiger charge is 2.12. The number of halogens is 3. The number of nitrogen functional groups attached to an aromatic ring is 1. The van der Waals surface area contributed by atoms with Crippen LogP contribution in [-0.2, 0) is 0 Å². The number of nitrogens with zero attached hydrogens (tertiary/aromatic N) is 1. The van der Waals surface area contributed by atoms with Gasteiger partial charge in [0.05, 0.1) is 15.2 Å². The Hall–Kier alpha value is -1.07. The minimum Gasteiger partial charge on any atom is -0.382 e. The number of aromatic nitrogens is 2. The molecule has 0 saturated carbocycles. The smallest absolute Gasteiger partial charge is 0.156 e. The normalized spacial score (nSPS) is 10.6. The lowest BCUT2D eigenvalue weighted by molar-refractivity contribution is 0.622. The lowest BCUT2D eigenvalue weighted by Gasteiger charge is -2.03. The Kier molecular flexibility index (Phi) is 2.67. The molecule has 1 aromatic carbocycles. The average molecular weight is 291 g/mol. The van der Waals surface area contributed by atoms with E-state index in [1.165, 1.54) is 0 Å². The van der Waals surface area contributed by atoms with Crippen LogP contribution in [0.25, 0.3) is 11.3 Å². The molecule has 0 bridgehead atoms. The molecule has 1 aromatic heterocycles. The third kappa shape index (κ3) is 1.85. The maximum absolute atomic E-state index is 13.4. The van der Waals surface area contributed by atoms with Gasteiger partial charge in [-0.1, -0.05) is 11.6 Å². The van der Waals surface area contributed by atoms with Crippen LogP contribution in [0.4, 0.5) is 10.2 Å². The average Bonchev–Trinajstić information content (AvgIpc) is 2.61. The molecule has 6 heteroatoms. The van der Waals surface area contributed by atoms with Gasteiger partial charge < -0.3 is 5.73 Å². The van der Waals surface area contributed by atoms with Gasteiger partial charge in [-0.3, -0.25) is 5.10 Å². The highest BCUT2D eigenvalue weighted by Crippen LogP contribution is 2.33. The Balaban J connectivity index is 2.59. The van der Waals surface area contributed by atoms with Crippen LogP contribution in [0.15, 0.2) is 22.7 Å². The van der Waals surface area contributed by atoms with Crippen LogP contribution in [-0.4, -0.2) is 10.2 Å². The lowest BCUT2D eigenvalue weighted by atomic mass is 10.1. The van der Waals surface area contributed by atoms with Crippen LogP contribution in [0.5, 0.6) is 0 Å². The second kappa shape index (κ2) is 3.83. The summed E-state index contributed by atoms with van der Waals surface area (Å²) in [6.07, 6.45) is 0. The van der Waals surface area contributed by atoms with E-state index in [2.05, 4.69) is 26.1 Å². The fourth-order valence-electron chi connectivity index (χ4n) is 1.21. The molecule has 78 valence electrons. The molecule has 0 amide bonds. The van der Waals surface area contributed by atoms with Crippen LogP contribution in [0.2, 0.25) is 5.02 Å². The summed E-state index contributed by atoms with van der Waals surface area (Å²) in [5.74, 6) is -0.160. The van der Waals surface area contributed by atoms with Gasteiger partial charge in [0, 0.05) is 11.6 Å². The van der Waals surface area contributed by atoms with Crippen molar-refractivity contribution >= 4 is 33.3 Å². The molecule has 2 rings (SSSR count). The molecule has 0 aliphatic rings. The van der Waals surface area contributed by atoms with Gasteiger partial charge in [0.25, 0.3) is 0 Å². The van der Waals surface area contributed by atoms with Crippen LogP contribution < -0.4 is 5.73 Å². The highest BCUT2D eigenvalue weighted by atomic mass is 79.9. The highest BCUT2D eigenvalue weighted by molar-refractivity contribution is 9.10. The van der Waals surface area contributed by atoms with Crippen LogP contribution in [0.1, 0.15) is 0 Å². The minimum absolute atomic E-state index is 0.0352.